The van der Waals surface area contributed by atoms with Crippen LogP contribution in [0.5, 0.6) is 5.75 Å². The monoisotopic (exact) mass is 372 g/mol. The van der Waals surface area contributed by atoms with Crippen molar-refractivity contribution in [3.63, 3.8) is 0 Å². The first-order chi connectivity index (χ1) is 12.1. The van der Waals surface area contributed by atoms with Gasteiger partial charge in [-0.1, -0.05) is 12.1 Å². The Morgan fingerprint density at radius 1 is 1.24 bits per heavy atom. The average Bonchev–Trinajstić information content (AvgIpc) is 3.25. The highest BCUT2D eigenvalue weighted by Gasteiger charge is 2.20. The topological polar surface area (TPSA) is 42.4 Å². The van der Waals surface area contributed by atoms with E-state index in [1.54, 1.807) is 16.2 Å². The number of hydrogen-bond donors (Lipinski definition) is 0. The molecule has 6 heteroatoms. The van der Waals surface area contributed by atoms with Crippen molar-refractivity contribution in [1.29, 1.82) is 0 Å². The van der Waals surface area contributed by atoms with Crippen LogP contribution in [-0.2, 0) is 6.54 Å². The standard InChI is InChI=1S/C19H20N2O2S2/c1-4-23-16-7-5-14(6-8-16)11-21(3)19(22)17-13(2)20-18(25-17)15-9-10-24-12-15/h5-10,12H,4,11H2,1-3H3. The lowest BCUT2D eigenvalue weighted by atomic mass is 10.2. The predicted molar refractivity (Wildman–Crippen MR) is 104 cm³/mol. The van der Waals surface area contributed by atoms with Gasteiger partial charge in [0.1, 0.15) is 15.6 Å². The quantitative estimate of drug-likeness (QED) is 0.621. The number of carbonyl (C=O) groups excluding carboxylic acids is 1. The Kier molecular flexibility index (Phi) is 5.50. The van der Waals surface area contributed by atoms with Crippen LogP contribution in [0.25, 0.3) is 10.6 Å². The van der Waals surface area contributed by atoms with Crippen molar-refractivity contribution in [2.75, 3.05) is 13.7 Å². The van der Waals surface area contributed by atoms with Crippen LogP contribution in [0.15, 0.2) is 41.1 Å². The Hall–Kier alpha value is -2.18. The minimum Gasteiger partial charge on any atom is -0.494 e. The van der Waals surface area contributed by atoms with Crippen molar-refractivity contribution >= 4 is 28.6 Å². The first-order valence-electron chi connectivity index (χ1n) is 8.05. The van der Waals surface area contributed by atoms with Crippen LogP contribution in [0.3, 0.4) is 0 Å². The maximum Gasteiger partial charge on any atom is 0.265 e. The van der Waals surface area contributed by atoms with Crippen LogP contribution in [0.2, 0.25) is 0 Å². The third-order valence-electron chi connectivity index (χ3n) is 3.76. The molecule has 0 unspecified atom stereocenters. The molecule has 0 bridgehead atoms. The van der Waals surface area contributed by atoms with Gasteiger partial charge in [0.05, 0.1) is 12.3 Å². The van der Waals surface area contributed by atoms with Gasteiger partial charge in [-0.05, 0) is 43.0 Å². The summed E-state index contributed by atoms with van der Waals surface area (Å²) in [7, 11) is 1.82. The molecule has 0 aliphatic rings. The highest BCUT2D eigenvalue weighted by atomic mass is 32.1. The Labute approximate surface area is 155 Å². The van der Waals surface area contributed by atoms with E-state index in [2.05, 4.69) is 10.4 Å². The van der Waals surface area contributed by atoms with E-state index in [1.807, 2.05) is 56.6 Å². The molecular weight excluding hydrogens is 352 g/mol. The van der Waals surface area contributed by atoms with E-state index in [4.69, 9.17) is 4.74 Å². The van der Waals surface area contributed by atoms with Gasteiger partial charge in [0.15, 0.2) is 0 Å². The van der Waals surface area contributed by atoms with E-state index in [1.165, 1.54) is 11.3 Å². The largest absolute Gasteiger partial charge is 0.494 e. The van der Waals surface area contributed by atoms with Crippen molar-refractivity contribution in [2.24, 2.45) is 0 Å². The molecule has 4 nitrogen and oxygen atoms in total. The molecule has 130 valence electrons. The zero-order valence-corrected chi connectivity index (χ0v) is 16.1. The van der Waals surface area contributed by atoms with Crippen molar-refractivity contribution < 1.29 is 9.53 Å². The second-order valence-corrected chi connectivity index (χ2v) is 7.46. The maximum atomic E-state index is 12.8. The molecule has 2 heterocycles. The summed E-state index contributed by atoms with van der Waals surface area (Å²) in [5, 5.41) is 4.97. The minimum absolute atomic E-state index is 0.00497. The summed E-state index contributed by atoms with van der Waals surface area (Å²) < 4.78 is 5.45. The minimum atomic E-state index is 0.00497. The SMILES string of the molecule is CCOc1ccc(CN(C)C(=O)c2sc(-c3ccsc3)nc2C)cc1. The van der Waals surface area contributed by atoms with Gasteiger partial charge < -0.3 is 9.64 Å². The van der Waals surface area contributed by atoms with Crippen LogP contribution in [0.4, 0.5) is 0 Å². The summed E-state index contributed by atoms with van der Waals surface area (Å²) >= 11 is 3.09. The molecule has 3 aromatic rings. The van der Waals surface area contributed by atoms with Gasteiger partial charge in [-0.25, -0.2) is 4.98 Å². The van der Waals surface area contributed by atoms with E-state index < -0.39 is 0 Å². The zero-order chi connectivity index (χ0) is 17.8. The summed E-state index contributed by atoms with van der Waals surface area (Å²) in [6.07, 6.45) is 0. The number of carbonyl (C=O) groups is 1. The van der Waals surface area contributed by atoms with Crippen molar-refractivity contribution in [3.8, 4) is 16.3 Å². The maximum absolute atomic E-state index is 12.8. The number of rotatable bonds is 6. The molecule has 1 aromatic carbocycles. The van der Waals surface area contributed by atoms with Gasteiger partial charge in [-0.2, -0.15) is 11.3 Å². The smallest absolute Gasteiger partial charge is 0.265 e. The van der Waals surface area contributed by atoms with Gasteiger partial charge in [0, 0.05) is 24.5 Å². The summed E-state index contributed by atoms with van der Waals surface area (Å²) in [4.78, 5) is 19.8. The van der Waals surface area contributed by atoms with Crippen molar-refractivity contribution in [1.82, 2.24) is 9.88 Å². The molecule has 0 aliphatic heterocycles. The number of aromatic nitrogens is 1. The van der Waals surface area contributed by atoms with E-state index >= 15 is 0 Å². The first-order valence-corrected chi connectivity index (χ1v) is 9.81. The van der Waals surface area contributed by atoms with Gasteiger partial charge in [0.2, 0.25) is 0 Å². The number of ether oxygens (including phenoxy) is 1. The number of hydrogen-bond acceptors (Lipinski definition) is 5. The van der Waals surface area contributed by atoms with Crippen molar-refractivity contribution in [3.05, 3.63) is 57.2 Å². The lowest BCUT2D eigenvalue weighted by molar-refractivity contribution is 0.0789. The molecule has 0 saturated heterocycles. The number of amides is 1. The second kappa shape index (κ2) is 7.80. The molecule has 0 radical (unpaired) electrons. The molecular formula is C19H20N2O2S2. The fourth-order valence-corrected chi connectivity index (χ4v) is 4.25. The summed E-state index contributed by atoms with van der Waals surface area (Å²) in [6.45, 7) is 5.05. The lowest BCUT2D eigenvalue weighted by Crippen LogP contribution is -2.26. The molecule has 0 N–H and O–H groups in total. The molecule has 0 atom stereocenters. The molecule has 0 saturated carbocycles. The Morgan fingerprint density at radius 2 is 2.00 bits per heavy atom. The van der Waals surface area contributed by atoms with Gasteiger partial charge >= 0.3 is 0 Å². The van der Waals surface area contributed by atoms with Crippen molar-refractivity contribution in [2.45, 2.75) is 20.4 Å². The van der Waals surface area contributed by atoms with E-state index in [0.29, 0.717) is 18.0 Å². The highest BCUT2D eigenvalue weighted by molar-refractivity contribution is 7.17. The van der Waals surface area contributed by atoms with E-state index in [9.17, 15) is 4.79 Å². The molecule has 2 aromatic heterocycles. The molecule has 25 heavy (non-hydrogen) atoms. The first kappa shape index (κ1) is 17.6. The number of thiazole rings is 1. The third-order valence-corrected chi connectivity index (χ3v) is 5.64. The average molecular weight is 373 g/mol. The normalized spacial score (nSPS) is 10.7. The summed E-state index contributed by atoms with van der Waals surface area (Å²) in [6, 6.07) is 9.88. The molecule has 3 rings (SSSR count). The summed E-state index contributed by atoms with van der Waals surface area (Å²) in [5.41, 5.74) is 2.93. The second-order valence-electron chi connectivity index (χ2n) is 5.68. The van der Waals surface area contributed by atoms with Crippen LogP contribution in [-0.4, -0.2) is 29.4 Å². The van der Waals surface area contributed by atoms with Gasteiger partial charge in [0.25, 0.3) is 5.91 Å². The molecule has 0 fully saturated rings. The summed E-state index contributed by atoms with van der Waals surface area (Å²) in [5.74, 6) is 0.851. The molecule has 1 amide bonds. The fraction of sp³-hybridized carbons (Fsp3) is 0.263. The van der Waals surface area contributed by atoms with Crippen LogP contribution in [0.1, 0.15) is 27.9 Å². The number of benzene rings is 1. The van der Waals surface area contributed by atoms with Crippen LogP contribution >= 0.6 is 22.7 Å². The number of thiophene rings is 1. The fourth-order valence-electron chi connectivity index (χ4n) is 2.48. The molecule has 0 aliphatic carbocycles. The highest BCUT2D eigenvalue weighted by Crippen LogP contribution is 2.30. The predicted octanol–water partition coefficient (Wildman–Crippen LogP) is 4.85. The Bertz CT molecular complexity index is 839. The van der Waals surface area contributed by atoms with E-state index in [-0.39, 0.29) is 5.91 Å². The lowest BCUT2D eigenvalue weighted by Gasteiger charge is -2.17. The number of nitrogens with zero attached hydrogens (tertiary/aromatic N) is 2. The van der Waals surface area contributed by atoms with Gasteiger partial charge in [-0.3, -0.25) is 4.79 Å². The number of aryl methyl sites for hydroxylation is 1. The molecule has 0 spiro atoms. The van der Waals surface area contributed by atoms with Gasteiger partial charge in [-0.15, -0.1) is 11.3 Å². The Morgan fingerprint density at radius 3 is 2.64 bits per heavy atom. The van der Waals surface area contributed by atoms with E-state index in [0.717, 1.165) is 27.6 Å². The zero-order valence-electron chi connectivity index (χ0n) is 14.5. The van der Waals surface area contributed by atoms with Crippen LogP contribution in [0, 0.1) is 6.92 Å². The van der Waals surface area contributed by atoms with Crippen LogP contribution < -0.4 is 4.74 Å². The Balaban J connectivity index is 1.72. The third kappa shape index (κ3) is 4.08.